The standard InChI is InChI=1S/C19H25N3O2S/c1-14-9-7-8-12-16(14)18-21-22-19(24-18)25-13-17(23)20-15-10-5-3-2-4-6-11-15/h7-9,12,15H,2-6,10-11,13H2,1H3,(H,20,23). The number of thioether (sulfide) groups is 1. The van der Waals surface area contributed by atoms with Crippen molar-refractivity contribution in [2.24, 2.45) is 0 Å². The summed E-state index contributed by atoms with van der Waals surface area (Å²) in [4.78, 5) is 12.2. The van der Waals surface area contributed by atoms with Gasteiger partial charge in [0.1, 0.15) is 0 Å². The maximum Gasteiger partial charge on any atom is 0.277 e. The molecule has 3 rings (SSSR count). The van der Waals surface area contributed by atoms with Crippen molar-refractivity contribution in [2.45, 2.75) is 63.1 Å². The van der Waals surface area contributed by atoms with E-state index in [1.165, 1.54) is 43.9 Å². The lowest BCUT2D eigenvalue weighted by Gasteiger charge is -2.20. The molecular formula is C19H25N3O2S. The van der Waals surface area contributed by atoms with E-state index in [1.807, 2.05) is 31.2 Å². The van der Waals surface area contributed by atoms with Crippen molar-refractivity contribution in [3.8, 4) is 11.5 Å². The van der Waals surface area contributed by atoms with Crippen LogP contribution in [0.2, 0.25) is 0 Å². The normalized spacial score (nSPS) is 16.2. The van der Waals surface area contributed by atoms with Gasteiger partial charge in [0, 0.05) is 11.6 Å². The van der Waals surface area contributed by atoms with Gasteiger partial charge in [-0.25, -0.2) is 0 Å². The summed E-state index contributed by atoms with van der Waals surface area (Å²) in [5.41, 5.74) is 2.02. The molecule has 1 fully saturated rings. The van der Waals surface area contributed by atoms with Crippen molar-refractivity contribution in [1.29, 1.82) is 0 Å². The van der Waals surface area contributed by atoms with Gasteiger partial charge in [0.2, 0.25) is 11.8 Å². The van der Waals surface area contributed by atoms with E-state index >= 15 is 0 Å². The largest absolute Gasteiger partial charge is 0.411 e. The maximum absolute atomic E-state index is 12.2. The number of carbonyl (C=O) groups excluding carboxylic acids is 1. The Balaban J connectivity index is 1.50. The number of hydrogen-bond acceptors (Lipinski definition) is 5. The number of amides is 1. The minimum absolute atomic E-state index is 0.0474. The smallest absolute Gasteiger partial charge is 0.277 e. The van der Waals surface area contributed by atoms with E-state index in [2.05, 4.69) is 15.5 Å². The van der Waals surface area contributed by atoms with E-state index in [9.17, 15) is 4.79 Å². The summed E-state index contributed by atoms with van der Waals surface area (Å²) in [6, 6.07) is 8.21. The van der Waals surface area contributed by atoms with Crippen LogP contribution in [0, 0.1) is 6.92 Å². The summed E-state index contributed by atoms with van der Waals surface area (Å²) in [7, 11) is 0. The molecule has 2 aromatic rings. The average Bonchev–Trinajstić information content (AvgIpc) is 3.04. The first-order valence-electron chi connectivity index (χ1n) is 9.04. The van der Waals surface area contributed by atoms with Gasteiger partial charge in [0.15, 0.2) is 0 Å². The highest BCUT2D eigenvalue weighted by Crippen LogP contribution is 2.25. The van der Waals surface area contributed by atoms with Crippen LogP contribution >= 0.6 is 11.8 Å². The molecule has 1 aliphatic rings. The fourth-order valence-corrected chi connectivity index (χ4v) is 3.76. The molecular weight excluding hydrogens is 334 g/mol. The van der Waals surface area contributed by atoms with Gasteiger partial charge in [-0.2, -0.15) is 0 Å². The SMILES string of the molecule is Cc1ccccc1-c1nnc(SCC(=O)NC2CCCCCCC2)o1. The van der Waals surface area contributed by atoms with Crippen molar-refractivity contribution in [3.05, 3.63) is 29.8 Å². The van der Waals surface area contributed by atoms with Crippen molar-refractivity contribution in [3.63, 3.8) is 0 Å². The average molecular weight is 359 g/mol. The highest BCUT2D eigenvalue weighted by atomic mass is 32.2. The Labute approximate surface area is 153 Å². The number of rotatable bonds is 5. The number of benzene rings is 1. The lowest BCUT2D eigenvalue weighted by atomic mass is 9.97. The van der Waals surface area contributed by atoms with Crippen LogP contribution in [0.3, 0.4) is 0 Å². The Bertz CT molecular complexity index is 693. The fraction of sp³-hybridized carbons (Fsp3) is 0.526. The predicted octanol–water partition coefficient (Wildman–Crippen LogP) is 4.37. The zero-order chi connectivity index (χ0) is 17.5. The molecule has 0 spiro atoms. The molecule has 0 aliphatic heterocycles. The number of hydrogen-bond donors (Lipinski definition) is 1. The third kappa shape index (κ3) is 5.33. The van der Waals surface area contributed by atoms with E-state index in [0.29, 0.717) is 22.9 Å². The summed E-state index contributed by atoms with van der Waals surface area (Å²) in [5, 5.41) is 11.7. The molecule has 0 bridgehead atoms. The van der Waals surface area contributed by atoms with Crippen molar-refractivity contribution >= 4 is 17.7 Å². The van der Waals surface area contributed by atoms with Gasteiger partial charge < -0.3 is 9.73 Å². The fourth-order valence-electron chi connectivity index (χ4n) is 3.19. The molecule has 1 aromatic carbocycles. The van der Waals surface area contributed by atoms with Crippen molar-refractivity contribution in [2.75, 3.05) is 5.75 Å². The minimum atomic E-state index is 0.0474. The van der Waals surface area contributed by atoms with E-state index in [4.69, 9.17) is 4.42 Å². The van der Waals surface area contributed by atoms with Crippen LogP contribution in [0.1, 0.15) is 50.5 Å². The van der Waals surface area contributed by atoms with Gasteiger partial charge in [0.25, 0.3) is 5.22 Å². The van der Waals surface area contributed by atoms with Gasteiger partial charge in [-0.3, -0.25) is 4.79 Å². The van der Waals surface area contributed by atoms with Crippen LogP contribution in [-0.4, -0.2) is 27.9 Å². The zero-order valence-corrected chi connectivity index (χ0v) is 15.5. The zero-order valence-electron chi connectivity index (χ0n) is 14.7. The number of nitrogens with zero attached hydrogens (tertiary/aromatic N) is 2. The Morgan fingerprint density at radius 3 is 2.64 bits per heavy atom. The molecule has 0 saturated heterocycles. The van der Waals surface area contributed by atoms with Crippen LogP contribution < -0.4 is 5.32 Å². The molecule has 1 N–H and O–H groups in total. The number of carbonyl (C=O) groups is 1. The van der Waals surface area contributed by atoms with E-state index in [0.717, 1.165) is 24.0 Å². The summed E-state index contributed by atoms with van der Waals surface area (Å²) < 4.78 is 5.69. The molecule has 5 nitrogen and oxygen atoms in total. The predicted molar refractivity (Wildman–Crippen MR) is 99.4 cm³/mol. The first kappa shape index (κ1) is 18.0. The van der Waals surface area contributed by atoms with Crippen molar-refractivity contribution in [1.82, 2.24) is 15.5 Å². The molecule has 134 valence electrons. The molecule has 1 heterocycles. The number of aromatic nitrogens is 2. The van der Waals surface area contributed by atoms with Gasteiger partial charge >= 0.3 is 0 Å². The summed E-state index contributed by atoms with van der Waals surface area (Å²) in [5.74, 6) is 0.860. The van der Waals surface area contributed by atoms with Crippen LogP contribution in [0.15, 0.2) is 33.9 Å². The van der Waals surface area contributed by atoms with Gasteiger partial charge in [-0.05, 0) is 31.4 Å². The first-order valence-corrected chi connectivity index (χ1v) is 10.0. The van der Waals surface area contributed by atoms with Crippen LogP contribution in [-0.2, 0) is 4.79 Å². The molecule has 0 atom stereocenters. The first-order chi connectivity index (χ1) is 12.2. The van der Waals surface area contributed by atoms with Crippen LogP contribution in [0.5, 0.6) is 0 Å². The van der Waals surface area contributed by atoms with Gasteiger partial charge in [-0.15, -0.1) is 10.2 Å². The van der Waals surface area contributed by atoms with Gasteiger partial charge in [-0.1, -0.05) is 62.1 Å². The molecule has 25 heavy (non-hydrogen) atoms. The van der Waals surface area contributed by atoms with Crippen LogP contribution in [0.4, 0.5) is 0 Å². The molecule has 0 unspecified atom stereocenters. The van der Waals surface area contributed by atoms with E-state index in [1.54, 1.807) is 0 Å². The van der Waals surface area contributed by atoms with Gasteiger partial charge in [0.05, 0.1) is 5.75 Å². The Hall–Kier alpha value is -1.82. The molecule has 1 saturated carbocycles. The Kier molecular flexibility index (Phi) is 6.50. The number of nitrogens with one attached hydrogen (secondary N) is 1. The van der Waals surface area contributed by atoms with Crippen molar-refractivity contribution < 1.29 is 9.21 Å². The molecule has 1 amide bonds. The molecule has 1 aromatic heterocycles. The van der Waals surface area contributed by atoms with Crippen LogP contribution in [0.25, 0.3) is 11.5 Å². The summed E-state index contributed by atoms with van der Waals surface area (Å²) >= 11 is 1.30. The summed E-state index contributed by atoms with van der Waals surface area (Å²) in [6.45, 7) is 2.01. The molecule has 6 heteroatoms. The quantitative estimate of drug-likeness (QED) is 0.803. The maximum atomic E-state index is 12.2. The molecule has 0 radical (unpaired) electrons. The topological polar surface area (TPSA) is 68.0 Å². The second-order valence-electron chi connectivity index (χ2n) is 6.59. The second kappa shape index (κ2) is 9.04. The highest BCUT2D eigenvalue weighted by molar-refractivity contribution is 7.99. The highest BCUT2D eigenvalue weighted by Gasteiger charge is 2.16. The Morgan fingerprint density at radius 1 is 1.16 bits per heavy atom. The number of aryl methyl sites for hydroxylation is 1. The van der Waals surface area contributed by atoms with E-state index < -0.39 is 0 Å². The monoisotopic (exact) mass is 359 g/mol. The lowest BCUT2D eigenvalue weighted by Crippen LogP contribution is -2.36. The minimum Gasteiger partial charge on any atom is -0.411 e. The third-order valence-corrected chi connectivity index (χ3v) is 5.40. The third-order valence-electron chi connectivity index (χ3n) is 4.58. The Morgan fingerprint density at radius 2 is 1.88 bits per heavy atom. The second-order valence-corrected chi connectivity index (χ2v) is 7.51. The lowest BCUT2D eigenvalue weighted by molar-refractivity contribution is -0.119. The molecule has 1 aliphatic carbocycles. The van der Waals surface area contributed by atoms with E-state index in [-0.39, 0.29) is 5.91 Å². The summed E-state index contributed by atoms with van der Waals surface area (Å²) in [6.07, 6.45) is 8.50.